The van der Waals surface area contributed by atoms with E-state index >= 15 is 0 Å². The molecule has 2 saturated heterocycles. The number of carbonyl (C=O) groups is 4. The summed E-state index contributed by atoms with van der Waals surface area (Å²) in [5, 5.41) is 7.65. The van der Waals surface area contributed by atoms with Crippen molar-refractivity contribution in [3.05, 3.63) is 84.4 Å². The molecule has 2 aromatic heterocycles. The van der Waals surface area contributed by atoms with Crippen LogP contribution in [-0.4, -0.2) is 93.1 Å². The molecule has 4 aromatic carbocycles. The van der Waals surface area contributed by atoms with E-state index in [9.17, 15) is 19.2 Å². The standard InChI is InChI=1S/C46H52N8O6/c1-25(2)39(51-45(57)59-5)43(55)53-19-7-9-37(53)41-47-33-17-15-31(23-35(33)49-41)29-13-11-28-22-30(14-12-27(28)21-29)32-16-18-34-36(24-32)50-42(48-34)38-10-8-20-54(38)44(56)40(26(3)4)52-46(58)60-6/h11-18,21-26,37-40H,7-10,19-20H2,1-6H3,(H,47,49)(H,48,50)(H,51,57)(H,52,58)/t37?,38?,39-,40-/m0/s1. The fourth-order valence-corrected chi connectivity index (χ4v) is 8.72. The Bertz CT molecular complexity index is 2420. The number of aromatic nitrogens is 4. The Labute approximate surface area is 348 Å². The minimum absolute atomic E-state index is 0.108. The third kappa shape index (κ3) is 7.85. The highest BCUT2D eigenvalue weighted by atomic mass is 16.5. The van der Waals surface area contributed by atoms with Gasteiger partial charge < -0.3 is 39.9 Å². The Morgan fingerprint density at radius 2 is 0.983 bits per heavy atom. The summed E-state index contributed by atoms with van der Waals surface area (Å²) in [6, 6.07) is 23.5. The van der Waals surface area contributed by atoms with Crippen molar-refractivity contribution in [2.45, 2.75) is 77.5 Å². The topological polar surface area (TPSA) is 175 Å². The van der Waals surface area contributed by atoms with Gasteiger partial charge in [0.25, 0.3) is 0 Å². The smallest absolute Gasteiger partial charge is 0.407 e. The zero-order chi connectivity index (χ0) is 42.2. The maximum atomic E-state index is 13.7. The quantitative estimate of drug-likeness (QED) is 0.108. The first-order chi connectivity index (χ1) is 28.9. The Hall–Kier alpha value is -6.44. The van der Waals surface area contributed by atoms with E-state index in [4.69, 9.17) is 19.4 Å². The molecule has 4 amide bonds. The number of amides is 4. The summed E-state index contributed by atoms with van der Waals surface area (Å²) in [4.78, 5) is 71.8. The fourth-order valence-electron chi connectivity index (χ4n) is 8.72. The summed E-state index contributed by atoms with van der Waals surface area (Å²) in [6.07, 6.45) is 2.01. The highest BCUT2D eigenvalue weighted by Gasteiger charge is 2.39. The van der Waals surface area contributed by atoms with Gasteiger partial charge in [0, 0.05) is 13.1 Å². The Balaban J connectivity index is 0.993. The molecule has 14 nitrogen and oxygen atoms in total. The number of nitrogens with zero attached hydrogens (tertiary/aromatic N) is 4. The predicted octanol–water partition coefficient (Wildman–Crippen LogP) is 8.01. The van der Waals surface area contributed by atoms with Gasteiger partial charge in [0.15, 0.2) is 0 Å². The Kier molecular flexibility index (Phi) is 11.2. The summed E-state index contributed by atoms with van der Waals surface area (Å²) in [5.41, 5.74) is 7.69. The molecule has 0 radical (unpaired) electrons. The number of alkyl carbamates (subject to hydrolysis) is 2. The maximum Gasteiger partial charge on any atom is 0.407 e. The minimum Gasteiger partial charge on any atom is -0.453 e. The Morgan fingerprint density at radius 3 is 1.37 bits per heavy atom. The molecule has 6 aromatic rings. The van der Waals surface area contributed by atoms with Crippen LogP contribution < -0.4 is 10.6 Å². The molecule has 14 heteroatoms. The van der Waals surface area contributed by atoms with Gasteiger partial charge in [-0.05, 0) is 107 Å². The molecule has 4 N–H and O–H groups in total. The van der Waals surface area contributed by atoms with Crippen molar-refractivity contribution in [1.82, 2.24) is 40.4 Å². The first-order valence-corrected chi connectivity index (χ1v) is 20.8. The molecule has 2 aliphatic heterocycles. The van der Waals surface area contributed by atoms with Crippen molar-refractivity contribution in [3.8, 4) is 22.3 Å². The summed E-state index contributed by atoms with van der Waals surface area (Å²) in [5.74, 6) is 0.992. The van der Waals surface area contributed by atoms with Crippen LogP contribution in [0.3, 0.4) is 0 Å². The highest BCUT2D eigenvalue weighted by molar-refractivity contribution is 5.93. The zero-order valence-corrected chi connectivity index (χ0v) is 34.9. The number of aromatic amines is 2. The van der Waals surface area contributed by atoms with Gasteiger partial charge in [-0.3, -0.25) is 9.59 Å². The molecule has 8 rings (SSSR count). The van der Waals surface area contributed by atoms with Crippen molar-refractivity contribution in [1.29, 1.82) is 0 Å². The molecule has 2 unspecified atom stereocenters. The van der Waals surface area contributed by atoms with Crippen LogP contribution in [0.4, 0.5) is 9.59 Å². The van der Waals surface area contributed by atoms with Crippen molar-refractivity contribution in [3.63, 3.8) is 0 Å². The molecule has 0 saturated carbocycles. The molecule has 60 heavy (non-hydrogen) atoms. The van der Waals surface area contributed by atoms with Crippen LogP contribution in [0.15, 0.2) is 72.8 Å². The van der Waals surface area contributed by atoms with E-state index in [2.05, 4.69) is 81.3 Å². The number of benzene rings is 4. The average molecular weight is 813 g/mol. The fraction of sp³-hybridized carbons (Fsp3) is 0.391. The number of carbonyl (C=O) groups excluding carboxylic acids is 4. The van der Waals surface area contributed by atoms with Crippen LogP contribution in [0.25, 0.3) is 55.1 Å². The number of hydrogen-bond acceptors (Lipinski definition) is 8. The highest BCUT2D eigenvalue weighted by Crippen LogP contribution is 2.36. The lowest BCUT2D eigenvalue weighted by Gasteiger charge is -2.29. The predicted molar refractivity (Wildman–Crippen MR) is 230 cm³/mol. The SMILES string of the molecule is COC(=O)N[C@H](C(=O)N1CCCC1c1nc2ccc(-c3ccc4cc(-c5ccc6nc(C7CCCN7C(=O)[C@@H](NC(=O)OC)C(C)C)[nH]c6c5)ccc4c3)cc2[nH]1)C(C)C. The average Bonchev–Trinajstić information content (AvgIpc) is 4.08. The van der Waals surface area contributed by atoms with Gasteiger partial charge in [0.1, 0.15) is 23.7 Å². The number of fused-ring (bicyclic) bond motifs is 3. The normalized spacial score (nSPS) is 17.8. The van der Waals surface area contributed by atoms with Gasteiger partial charge in [0.05, 0.1) is 48.4 Å². The van der Waals surface area contributed by atoms with Gasteiger partial charge >= 0.3 is 12.2 Å². The van der Waals surface area contributed by atoms with Gasteiger partial charge in [-0.1, -0.05) is 64.1 Å². The third-order valence-electron chi connectivity index (χ3n) is 12.0. The molecule has 312 valence electrons. The maximum absolute atomic E-state index is 13.7. The largest absolute Gasteiger partial charge is 0.453 e. The van der Waals surface area contributed by atoms with Crippen molar-refractivity contribution < 1.29 is 28.7 Å². The van der Waals surface area contributed by atoms with Crippen LogP contribution in [0.2, 0.25) is 0 Å². The van der Waals surface area contributed by atoms with E-state index in [1.165, 1.54) is 14.2 Å². The second-order valence-electron chi connectivity index (χ2n) is 16.6. The van der Waals surface area contributed by atoms with Gasteiger partial charge in [-0.15, -0.1) is 0 Å². The van der Waals surface area contributed by atoms with Crippen molar-refractivity contribution >= 4 is 56.8 Å². The molecule has 0 aliphatic carbocycles. The number of methoxy groups -OCH3 is 2. The number of imidazole rings is 2. The number of likely N-dealkylation sites (tertiary alicyclic amines) is 2. The van der Waals surface area contributed by atoms with Crippen LogP contribution in [0.1, 0.15) is 77.1 Å². The lowest BCUT2D eigenvalue weighted by Crippen LogP contribution is -2.51. The van der Waals surface area contributed by atoms with Gasteiger partial charge in [-0.25, -0.2) is 19.6 Å². The number of hydrogen-bond donors (Lipinski definition) is 4. The van der Waals surface area contributed by atoms with E-state index in [1.807, 2.05) is 49.6 Å². The molecular formula is C46H52N8O6. The van der Waals surface area contributed by atoms with Crippen molar-refractivity contribution in [2.75, 3.05) is 27.3 Å². The molecule has 4 atom stereocenters. The minimum atomic E-state index is -0.692. The number of nitrogens with one attached hydrogen (secondary N) is 4. The van der Waals surface area contributed by atoms with Gasteiger partial charge in [-0.2, -0.15) is 0 Å². The van der Waals surface area contributed by atoms with Crippen molar-refractivity contribution in [2.24, 2.45) is 11.8 Å². The lowest BCUT2D eigenvalue weighted by molar-refractivity contribution is -0.136. The Morgan fingerprint density at radius 1 is 0.600 bits per heavy atom. The van der Waals surface area contributed by atoms with Crippen LogP contribution >= 0.6 is 0 Å². The zero-order valence-electron chi connectivity index (χ0n) is 34.9. The van der Waals surface area contributed by atoms with Crippen LogP contribution in [0.5, 0.6) is 0 Å². The van der Waals surface area contributed by atoms with E-state index in [0.717, 1.165) is 92.4 Å². The summed E-state index contributed by atoms with van der Waals surface area (Å²) < 4.78 is 9.56. The van der Waals surface area contributed by atoms with E-state index < -0.39 is 24.3 Å². The number of rotatable bonds is 10. The van der Waals surface area contributed by atoms with E-state index in [0.29, 0.717) is 13.1 Å². The molecule has 0 spiro atoms. The first kappa shape index (κ1) is 40.3. The lowest BCUT2D eigenvalue weighted by atomic mass is 9.97. The van der Waals surface area contributed by atoms with E-state index in [1.54, 1.807) is 0 Å². The summed E-state index contributed by atoms with van der Waals surface area (Å²) >= 11 is 0. The molecule has 4 heterocycles. The van der Waals surface area contributed by atoms with E-state index in [-0.39, 0.29) is 35.7 Å². The molecule has 0 bridgehead atoms. The second-order valence-corrected chi connectivity index (χ2v) is 16.6. The summed E-state index contributed by atoms with van der Waals surface area (Å²) in [7, 11) is 2.59. The second kappa shape index (κ2) is 16.7. The monoisotopic (exact) mass is 812 g/mol. The summed E-state index contributed by atoms with van der Waals surface area (Å²) in [6.45, 7) is 8.82. The van der Waals surface area contributed by atoms with Crippen LogP contribution in [0, 0.1) is 11.8 Å². The third-order valence-corrected chi connectivity index (χ3v) is 12.0. The number of ether oxygens (including phenoxy) is 2. The number of H-pyrrole nitrogens is 2. The first-order valence-electron chi connectivity index (χ1n) is 20.8. The molecular weight excluding hydrogens is 761 g/mol. The molecule has 2 fully saturated rings. The molecule has 2 aliphatic rings. The van der Waals surface area contributed by atoms with Gasteiger partial charge in [0.2, 0.25) is 11.8 Å². The van der Waals surface area contributed by atoms with Crippen LogP contribution in [-0.2, 0) is 19.1 Å².